The maximum atomic E-state index is 6.04. The van der Waals surface area contributed by atoms with Crippen LogP contribution in [0.2, 0.25) is 0 Å². The SMILES string of the molecule is CC(C)(C)c1nnc(SCc2ccc(Br)cc2)n1N. The van der Waals surface area contributed by atoms with Gasteiger partial charge in [-0.3, -0.25) is 0 Å². The van der Waals surface area contributed by atoms with Gasteiger partial charge in [0.25, 0.3) is 0 Å². The van der Waals surface area contributed by atoms with Crippen LogP contribution in [-0.4, -0.2) is 14.9 Å². The fourth-order valence-corrected chi connectivity index (χ4v) is 2.69. The highest BCUT2D eigenvalue weighted by atomic mass is 79.9. The molecule has 0 spiro atoms. The zero-order valence-corrected chi connectivity index (χ0v) is 13.6. The Morgan fingerprint density at radius 3 is 2.37 bits per heavy atom. The minimum atomic E-state index is -0.0990. The van der Waals surface area contributed by atoms with E-state index in [2.05, 4.69) is 59.0 Å². The van der Waals surface area contributed by atoms with Gasteiger partial charge in [-0.25, -0.2) is 4.68 Å². The van der Waals surface area contributed by atoms with Crippen LogP contribution in [0.5, 0.6) is 0 Å². The molecular weight excluding hydrogens is 324 g/mol. The highest BCUT2D eigenvalue weighted by Crippen LogP contribution is 2.25. The van der Waals surface area contributed by atoms with Gasteiger partial charge in [-0.05, 0) is 17.7 Å². The van der Waals surface area contributed by atoms with E-state index in [1.807, 2.05) is 12.1 Å². The average molecular weight is 341 g/mol. The van der Waals surface area contributed by atoms with Gasteiger partial charge in [0, 0.05) is 15.6 Å². The molecule has 0 aliphatic rings. The third-order valence-corrected chi connectivity index (χ3v) is 4.16. The van der Waals surface area contributed by atoms with Gasteiger partial charge in [-0.2, -0.15) is 0 Å². The first-order chi connectivity index (χ1) is 8.88. The summed E-state index contributed by atoms with van der Waals surface area (Å²) < 4.78 is 2.67. The zero-order chi connectivity index (χ0) is 14.0. The summed E-state index contributed by atoms with van der Waals surface area (Å²) in [5.74, 6) is 7.66. The van der Waals surface area contributed by atoms with Gasteiger partial charge in [0.2, 0.25) is 5.16 Å². The average Bonchev–Trinajstić information content (AvgIpc) is 2.70. The Morgan fingerprint density at radius 2 is 1.84 bits per heavy atom. The smallest absolute Gasteiger partial charge is 0.210 e. The molecule has 2 rings (SSSR count). The van der Waals surface area contributed by atoms with Crippen molar-refractivity contribution in [3.63, 3.8) is 0 Å². The third-order valence-electron chi connectivity index (χ3n) is 2.62. The summed E-state index contributed by atoms with van der Waals surface area (Å²) in [5, 5.41) is 9.07. The molecule has 0 aliphatic heterocycles. The lowest BCUT2D eigenvalue weighted by molar-refractivity contribution is 0.523. The van der Waals surface area contributed by atoms with E-state index in [4.69, 9.17) is 5.84 Å². The second-order valence-corrected chi connectivity index (χ2v) is 7.20. The van der Waals surface area contributed by atoms with Gasteiger partial charge in [0.15, 0.2) is 5.82 Å². The van der Waals surface area contributed by atoms with Crippen molar-refractivity contribution in [3.8, 4) is 0 Å². The molecule has 1 aromatic heterocycles. The topological polar surface area (TPSA) is 56.7 Å². The predicted octanol–water partition coefficient (Wildman–Crippen LogP) is 3.34. The van der Waals surface area contributed by atoms with Gasteiger partial charge in [0.1, 0.15) is 0 Å². The third kappa shape index (κ3) is 3.51. The molecule has 0 saturated carbocycles. The van der Waals surface area contributed by atoms with Gasteiger partial charge < -0.3 is 5.84 Å². The van der Waals surface area contributed by atoms with Gasteiger partial charge in [0.05, 0.1) is 0 Å². The molecule has 2 N–H and O–H groups in total. The molecule has 102 valence electrons. The lowest BCUT2D eigenvalue weighted by Gasteiger charge is -2.16. The Bertz CT molecular complexity index is 557. The molecule has 6 heteroatoms. The van der Waals surface area contributed by atoms with E-state index in [0.717, 1.165) is 21.2 Å². The minimum absolute atomic E-state index is 0.0990. The monoisotopic (exact) mass is 340 g/mol. The number of nitrogen functional groups attached to an aromatic ring is 1. The van der Waals surface area contributed by atoms with Crippen LogP contribution < -0.4 is 5.84 Å². The van der Waals surface area contributed by atoms with Crippen molar-refractivity contribution in [1.82, 2.24) is 14.9 Å². The summed E-state index contributed by atoms with van der Waals surface area (Å²) in [6.07, 6.45) is 0. The molecule has 0 radical (unpaired) electrons. The normalized spacial score (nSPS) is 11.8. The van der Waals surface area contributed by atoms with Crippen molar-refractivity contribution in [2.75, 3.05) is 5.84 Å². The number of hydrogen-bond acceptors (Lipinski definition) is 4. The van der Waals surface area contributed by atoms with E-state index in [9.17, 15) is 0 Å². The number of thioether (sulfide) groups is 1. The van der Waals surface area contributed by atoms with E-state index >= 15 is 0 Å². The fourth-order valence-electron chi connectivity index (χ4n) is 1.62. The fraction of sp³-hybridized carbons (Fsp3) is 0.385. The lowest BCUT2D eigenvalue weighted by Crippen LogP contribution is -2.24. The lowest BCUT2D eigenvalue weighted by atomic mass is 9.96. The molecule has 19 heavy (non-hydrogen) atoms. The first-order valence-corrected chi connectivity index (χ1v) is 7.74. The highest BCUT2D eigenvalue weighted by molar-refractivity contribution is 9.10. The Hall–Kier alpha value is -1.01. The molecule has 0 atom stereocenters. The summed E-state index contributed by atoms with van der Waals surface area (Å²) >= 11 is 5.02. The minimum Gasteiger partial charge on any atom is -0.336 e. The van der Waals surface area contributed by atoms with Crippen molar-refractivity contribution >= 4 is 27.7 Å². The summed E-state index contributed by atoms with van der Waals surface area (Å²) in [5.41, 5.74) is 1.13. The van der Waals surface area contributed by atoms with E-state index in [0.29, 0.717) is 0 Å². The summed E-state index contributed by atoms with van der Waals surface area (Å²) in [4.78, 5) is 0. The van der Waals surface area contributed by atoms with E-state index < -0.39 is 0 Å². The van der Waals surface area contributed by atoms with E-state index in [1.54, 1.807) is 16.4 Å². The maximum absolute atomic E-state index is 6.04. The van der Waals surface area contributed by atoms with E-state index in [1.165, 1.54) is 5.56 Å². The molecule has 0 saturated heterocycles. The number of benzene rings is 1. The molecule has 1 heterocycles. The number of rotatable bonds is 3. The van der Waals surface area contributed by atoms with Crippen LogP contribution in [0, 0.1) is 0 Å². The largest absolute Gasteiger partial charge is 0.336 e. The standard InChI is InChI=1S/C13H17BrN4S/c1-13(2,3)11-16-17-12(18(11)15)19-8-9-4-6-10(14)7-5-9/h4-7H,8,15H2,1-3H3. The summed E-state index contributed by atoms with van der Waals surface area (Å²) in [6.45, 7) is 6.22. The van der Waals surface area contributed by atoms with Crippen LogP contribution in [0.25, 0.3) is 0 Å². The van der Waals surface area contributed by atoms with Gasteiger partial charge >= 0.3 is 0 Å². The van der Waals surface area contributed by atoms with Crippen molar-refractivity contribution in [2.45, 2.75) is 37.1 Å². The molecule has 0 bridgehead atoms. The molecular formula is C13H17BrN4S. The number of halogens is 1. The van der Waals surface area contributed by atoms with Crippen LogP contribution >= 0.6 is 27.7 Å². The molecule has 0 aliphatic carbocycles. The summed E-state index contributed by atoms with van der Waals surface area (Å²) in [7, 11) is 0. The second kappa shape index (κ2) is 5.54. The quantitative estimate of drug-likeness (QED) is 0.687. The van der Waals surface area contributed by atoms with Gasteiger partial charge in [-0.1, -0.05) is 60.6 Å². The number of hydrogen-bond donors (Lipinski definition) is 1. The molecule has 2 aromatic rings. The first kappa shape index (κ1) is 14.4. The van der Waals surface area contributed by atoms with Crippen LogP contribution in [0.15, 0.2) is 33.9 Å². The van der Waals surface area contributed by atoms with Crippen LogP contribution in [0.3, 0.4) is 0 Å². The molecule has 1 aromatic carbocycles. The number of aromatic nitrogens is 3. The first-order valence-electron chi connectivity index (χ1n) is 5.96. The van der Waals surface area contributed by atoms with Crippen LogP contribution in [-0.2, 0) is 11.2 Å². The van der Waals surface area contributed by atoms with Crippen molar-refractivity contribution in [3.05, 3.63) is 40.1 Å². The maximum Gasteiger partial charge on any atom is 0.210 e. The Kier molecular flexibility index (Phi) is 4.20. The molecule has 0 fully saturated rings. The van der Waals surface area contributed by atoms with Crippen LogP contribution in [0.1, 0.15) is 32.2 Å². The molecule has 0 unspecified atom stereocenters. The van der Waals surface area contributed by atoms with Crippen molar-refractivity contribution < 1.29 is 0 Å². The van der Waals surface area contributed by atoms with Crippen LogP contribution in [0.4, 0.5) is 0 Å². The number of nitrogens with two attached hydrogens (primary N) is 1. The molecule has 4 nitrogen and oxygen atoms in total. The Balaban J connectivity index is 2.08. The highest BCUT2D eigenvalue weighted by Gasteiger charge is 2.22. The predicted molar refractivity (Wildman–Crippen MR) is 82.6 cm³/mol. The zero-order valence-electron chi connectivity index (χ0n) is 11.2. The molecule has 0 amide bonds. The Labute approximate surface area is 125 Å². The summed E-state index contributed by atoms with van der Waals surface area (Å²) in [6, 6.07) is 8.23. The van der Waals surface area contributed by atoms with E-state index in [-0.39, 0.29) is 5.41 Å². The second-order valence-electron chi connectivity index (χ2n) is 5.34. The van der Waals surface area contributed by atoms with Crippen molar-refractivity contribution in [2.24, 2.45) is 0 Å². The number of nitrogens with zero attached hydrogens (tertiary/aromatic N) is 3. The van der Waals surface area contributed by atoms with Gasteiger partial charge in [-0.15, -0.1) is 10.2 Å². The Morgan fingerprint density at radius 1 is 1.21 bits per heavy atom. The van der Waals surface area contributed by atoms with Crippen molar-refractivity contribution in [1.29, 1.82) is 0 Å².